The highest BCUT2D eigenvalue weighted by atomic mass is 16.5. The van der Waals surface area contributed by atoms with Gasteiger partial charge in [0.1, 0.15) is 5.75 Å². The molecule has 0 aliphatic carbocycles. The lowest BCUT2D eigenvalue weighted by molar-refractivity contribution is 0.306. The zero-order valence-corrected chi connectivity index (χ0v) is 20.1. The van der Waals surface area contributed by atoms with Gasteiger partial charge in [0.2, 0.25) is 0 Å². The van der Waals surface area contributed by atoms with Crippen molar-refractivity contribution in [2.45, 2.75) is 135 Å². The molecule has 0 aromatic heterocycles. The summed E-state index contributed by atoms with van der Waals surface area (Å²) < 4.78 is 5.75. The van der Waals surface area contributed by atoms with Crippen LogP contribution >= 0.6 is 0 Å². The third-order valence-corrected chi connectivity index (χ3v) is 6.17. The second-order valence-corrected chi connectivity index (χ2v) is 9.10. The van der Waals surface area contributed by atoms with Crippen LogP contribution in [-0.2, 0) is 0 Å². The number of nitrogens with two attached hydrogens (primary N) is 1. The van der Waals surface area contributed by atoms with Crippen molar-refractivity contribution in [1.29, 1.82) is 0 Å². The molecule has 0 spiro atoms. The molecule has 0 heterocycles. The summed E-state index contributed by atoms with van der Waals surface area (Å²) >= 11 is 0. The molecule has 0 saturated carbocycles. The zero-order valence-electron chi connectivity index (χ0n) is 20.1. The lowest BCUT2D eigenvalue weighted by Crippen LogP contribution is -2.00. The maximum absolute atomic E-state index is 5.88. The lowest BCUT2D eigenvalue weighted by atomic mass is 10.0. The highest BCUT2D eigenvalue weighted by molar-refractivity contribution is 5.51. The van der Waals surface area contributed by atoms with E-state index in [-0.39, 0.29) is 0 Å². The van der Waals surface area contributed by atoms with Crippen LogP contribution in [0.5, 0.6) is 5.75 Å². The Labute approximate surface area is 188 Å². The molecule has 1 aromatic rings. The van der Waals surface area contributed by atoms with E-state index in [0.717, 1.165) is 24.5 Å². The smallest absolute Gasteiger partial charge is 0.142 e. The zero-order chi connectivity index (χ0) is 21.5. The first kappa shape index (κ1) is 26.9. The molecule has 30 heavy (non-hydrogen) atoms. The van der Waals surface area contributed by atoms with Gasteiger partial charge in [0.15, 0.2) is 0 Å². The Morgan fingerprint density at radius 2 is 0.900 bits per heavy atom. The standard InChI is InChI=1S/C28H51NO/c1-2-3-4-5-6-7-8-9-10-11-12-13-14-15-16-17-18-19-20-23-26-30-28-25-22-21-24-27(28)29/h21-22,24-25H,2-20,23,26,29H2,1H3. The predicted molar refractivity (Wildman–Crippen MR) is 134 cm³/mol. The number of hydrogen-bond donors (Lipinski definition) is 1. The predicted octanol–water partition coefficient (Wildman–Crippen LogP) is 9.47. The molecule has 1 rings (SSSR count). The molecule has 0 atom stereocenters. The van der Waals surface area contributed by atoms with E-state index in [1.54, 1.807) is 0 Å². The van der Waals surface area contributed by atoms with E-state index in [1.807, 2.05) is 24.3 Å². The Morgan fingerprint density at radius 1 is 0.533 bits per heavy atom. The number of ether oxygens (including phenoxy) is 1. The van der Waals surface area contributed by atoms with E-state index >= 15 is 0 Å². The van der Waals surface area contributed by atoms with Crippen LogP contribution in [0.3, 0.4) is 0 Å². The van der Waals surface area contributed by atoms with E-state index in [1.165, 1.54) is 122 Å². The topological polar surface area (TPSA) is 35.2 Å². The van der Waals surface area contributed by atoms with Crippen molar-refractivity contribution in [3.8, 4) is 5.75 Å². The number of nitrogen functional groups attached to an aromatic ring is 1. The summed E-state index contributed by atoms with van der Waals surface area (Å²) in [6.45, 7) is 3.08. The van der Waals surface area contributed by atoms with Crippen molar-refractivity contribution >= 4 is 5.69 Å². The number of rotatable bonds is 22. The highest BCUT2D eigenvalue weighted by Gasteiger charge is 1.98. The third-order valence-electron chi connectivity index (χ3n) is 6.17. The normalized spacial score (nSPS) is 11.1. The van der Waals surface area contributed by atoms with E-state index in [0.29, 0.717) is 0 Å². The molecule has 2 N–H and O–H groups in total. The first-order chi connectivity index (χ1) is 14.8. The molecular weight excluding hydrogens is 366 g/mol. The van der Waals surface area contributed by atoms with Crippen molar-refractivity contribution in [3.63, 3.8) is 0 Å². The Kier molecular flexibility index (Phi) is 18.9. The Balaban J connectivity index is 1.70. The summed E-state index contributed by atoms with van der Waals surface area (Å²) in [6, 6.07) is 7.77. The molecule has 0 radical (unpaired) electrons. The second kappa shape index (κ2) is 21.1. The van der Waals surface area contributed by atoms with Crippen LogP contribution in [0.1, 0.15) is 135 Å². The molecule has 2 heteroatoms. The van der Waals surface area contributed by atoms with Crippen molar-refractivity contribution in [3.05, 3.63) is 24.3 Å². The van der Waals surface area contributed by atoms with Gasteiger partial charge in [0.25, 0.3) is 0 Å². The summed E-state index contributed by atoms with van der Waals surface area (Å²) in [5.74, 6) is 0.829. The van der Waals surface area contributed by atoms with Crippen LogP contribution < -0.4 is 10.5 Å². The van der Waals surface area contributed by atoms with Crippen molar-refractivity contribution < 1.29 is 4.74 Å². The molecular formula is C28H51NO. The van der Waals surface area contributed by atoms with Crippen molar-refractivity contribution in [2.24, 2.45) is 0 Å². The van der Waals surface area contributed by atoms with E-state index in [4.69, 9.17) is 10.5 Å². The van der Waals surface area contributed by atoms with E-state index in [9.17, 15) is 0 Å². The Bertz CT molecular complexity index is 473. The fraction of sp³-hybridized carbons (Fsp3) is 0.786. The van der Waals surface area contributed by atoms with Gasteiger partial charge < -0.3 is 10.5 Å². The highest BCUT2D eigenvalue weighted by Crippen LogP contribution is 2.20. The molecule has 0 aliphatic rings. The van der Waals surface area contributed by atoms with Crippen LogP contribution in [-0.4, -0.2) is 6.61 Å². The number of para-hydroxylation sites is 2. The van der Waals surface area contributed by atoms with Gasteiger partial charge in [-0.3, -0.25) is 0 Å². The SMILES string of the molecule is CCCCCCCCCCCCCCCCCCCCCCOc1ccccc1N. The number of unbranched alkanes of at least 4 members (excludes halogenated alkanes) is 19. The minimum absolute atomic E-state index is 0.741. The van der Waals surface area contributed by atoms with Gasteiger partial charge in [-0.1, -0.05) is 141 Å². The average molecular weight is 418 g/mol. The number of anilines is 1. The Hall–Kier alpha value is -1.18. The number of hydrogen-bond acceptors (Lipinski definition) is 2. The van der Waals surface area contributed by atoms with E-state index < -0.39 is 0 Å². The molecule has 0 aliphatic heterocycles. The number of benzene rings is 1. The minimum atomic E-state index is 0.741. The van der Waals surface area contributed by atoms with E-state index in [2.05, 4.69) is 6.92 Å². The first-order valence-corrected chi connectivity index (χ1v) is 13.3. The van der Waals surface area contributed by atoms with Crippen LogP contribution in [0.25, 0.3) is 0 Å². The van der Waals surface area contributed by atoms with Crippen LogP contribution in [0.2, 0.25) is 0 Å². The quantitative estimate of drug-likeness (QED) is 0.150. The third kappa shape index (κ3) is 16.6. The van der Waals surface area contributed by atoms with Crippen LogP contribution in [0, 0.1) is 0 Å². The van der Waals surface area contributed by atoms with Crippen molar-refractivity contribution in [1.82, 2.24) is 0 Å². The van der Waals surface area contributed by atoms with Gasteiger partial charge in [-0.05, 0) is 18.6 Å². The van der Waals surface area contributed by atoms with Gasteiger partial charge in [-0.2, -0.15) is 0 Å². The molecule has 0 saturated heterocycles. The first-order valence-electron chi connectivity index (χ1n) is 13.3. The fourth-order valence-corrected chi connectivity index (χ4v) is 4.15. The maximum Gasteiger partial charge on any atom is 0.142 e. The molecule has 0 unspecified atom stereocenters. The lowest BCUT2D eigenvalue weighted by Gasteiger charge is -2.08. The fourth-order valence-electron chi connectivity index (χ4n) is 4.15. The van der Waals surface area contributed by atoms with Gasteiger partial charge in [-0.15, -0.1) is 0 Å². The van der Waals surface area contributed by atoms with Gasteiger partial charge in [-0.25, -0.2) is 0 Å². The molecule has 0 bridgehead atoms. The molecule has 0 fully saturated rings. The van der Waals surface area contributed by atoms with Crippen molar-refractivity contribution in [2.75, 3.05) is 12.3 Å². The van der Waals surface area contributed by atoms with Gasteiger partial charge in [0, 0.05) is 0 Å². The molecule has 0 amide bonds. The minimum Gasteiger partial charge on any atom is -0.491 e. The molecule has 1 aromatic carbocycles. The van der Waals surface area contributed by atoms with Crippen LogP contribution in [0.15, 0.2) is 24.3 Å². The van der Waals surface area contributed by atoms with Crippen LogP contribution in [0.4, 0.5) is 5.69 Å². The second-order valence-electron chi connectivity index (χ2n) is 9.10. The summed E-state index contributed by atoms with van der Waals surface area (Å²) in [4.78, 5) is 0. The summed E-state index contributed by atoms with van der Waals surface area (Å²) in [5.41, 5.74) is 6.63. The molecule has 174 valence electrons. The van der Waals surface area contributed by atoms with Gasteiger partial charge >= 0.3 is 0 Å². The summed E-state index contributed by atoms with van der Waals surface area (Å²) in [5, 5.41) is 0. The van der Waals surface area contributed by atoms with Gasteiger partial charge in [0.05, 0.1) is 12.3 Å². The summed E-state index contributed by atoms with van der Waals surface area (Å²) in [7, 11) is 0. The monoisotopic (exact) mass is 417 g/mol. The average Bonchev–Trinajstić information content (AvgIpc) is 2.76. The summed E-state index contributed by atoms with van der Waals surface area (Å²) in [6.07, 6.45) is 28.3. The largest absolute Gasteiger partial charge is 0.491 e. The maximum atomic E-state index is 5.88. The Morgan fingerprint density at radius 3 is 1.30 bits per heavy atom. The molecule has 2 nitrogen and oxygen atoms in total.